The molecule has 1 heterocycles. The van der Waals surface area contributed by atoms with Gasteiger partial charge in [-0.05, 0) is 42.0 Å². The summed E-state index contributed by atoms with van der Waals surface area (Å²) in [6.07, 6.45) is 3.49. The van der Waals surface area contributed by atoms with Crippen LogP contribution in [0.2, 0.25) is 0 Å². The molecule has 0 fully saturated rings. The Labute approximate surface area is 236 Å². The van der Waals surface area contributed by atoms with Gasteiger partial charge in [-0.1, -0.05) is 87.8 Å². The van der Waals surface area contributed by atoms with Crippen LogP contribution in [-0.4, -0.2) is 27.9 Å². The van der Waals surface area contributed by atoms with Gasteiger partial charge in [-0.2, -0.15) is 0 Å². The molecule has 2 aromatic carbocycles. The molecule has 3 rings (SSSR count). The summed E-state index contributed by atoms with van der Waals surface area (Å²) in [7, 11) is -2.83. The van der Waals surface area contributed by atoms with Gasteiger partial charge in [-0.3, -0.25) is 9.05 Å². The molecular formula is C22H17Cl6O7P. The summed E-state index contributed by atoms with van der Waals surface area (Å²) >= 11 is 34.0. The summed E-state index contributed by atoms with van der Waals surface area (Å²) < 4.78 is 35.5. The van der Waals surface area contributed by atoms with Gasteiger partial charge in [0, 0.05) is 11.5 Å². The van der Waals surface area contributed by atoms with Gasteiger partial charge in [0.1, 0.15) is 30.3 Å². The lowest BCUT2D eigenvalue weighted by atomic mass is 10.1. The molecule has 0 bridgehead atoms. The van der Waals surface area contributed by atoms with Crippen molar-refractivity contribution in [2.75, 3.05) is 20.3 Å². The largest absolute Gasteiger partial charge is 0.530 e. The normalized spacial score (nSPS) is 12.9. The molecule has 36 heavy (non-hydrogen) atoms. The number of hydrogen-bond acceptors (Lipinski definition) is 7. The average Bonchev–Trinajstić information content (AvgIpc) is 2.80. The Morgan fingerprint density at radius 3 is 2.00 bits per heavy atom. The van der Waals surface area contributed by atoms with Gasteiger partial charge in [0.05, 0.1) is 12.7 Å². The molecule has 0 saturated heterocycles. The number of ether oxygens (including phenoxy) is 1. The highest BCUT2D eigenvalue weighted by Gasteiger charge is 2.36. The number of benzene rings is 2. The molecule has 0 N–H and O–H groups in total. The standard InChI is InChI=1S/C22H17Cl6O7P/c1-31-18-10-5-15-6-11-19(29)34-20(15)17(18)9-4-14-2-7-16(8-3-14)35-36(30,32-12-21(23,24)25)33-13-22(26,27)28/h2-11H,12-13H2,1H3/b9-4+. The van der Waals surface area contributed by atoms with Gasteiger partial charge in [0.15, 0.2) is 0 Å². The van der Waals surface area contributed by atoms with E-state index in [1.165, 1.54) is 25.3 Å². The number of methoxy groups -OCH3 is 1. The van der Waals surface area contributed by atoms with Crippen LogP contribution in [0.25, 0.3) is 23.1 Å². The summed E-state index contributed by atoms with van der Waals surface area (Å²) in [5.74, 6) is 0.629. The molecular weight excluding hydrogens is 620 g/mol. The van der Waals surface area contributed by atoms with Gasteiger partial charge >= 0.3 is 13.4 Å². The van der Waals surface area contributed by atoms with Crippen molar-refractivity contribution in [1.82, 2.24) is 0 Å². The zero-order chi connectivity index (χ0) is 26.6. The molecule has 3 aromatic rings. The highest BCUT2D eigenvalue weighted by molar-refractivity contribution is 7.49. The fourth-order valence-corrected chi connectivity index (χ4v) is 4.86. The van der Waals surface area contributed by atoms with Crippen molar-refractivity contribution < 1.29 is 27.3 Å². The van der Waals surface area contributed by atoms with Gasteiger partial charge in [0.25, 0.3) is 0 Å². The third kappa shape index (κ3) is 9.02. The van der Waals surface area contributed by atoms with Gasteiger partial charge < -0.3 is 13.7 Å². The van der Waals surface area contributed by atoms with Gasteiger partial charge in [0.2, 0.25) is 7.59 Å². The molecule has 0 atom stereocenters. The van der Waals surface area contributed by atoms with E-state index in [1.54, 1.807) is 42.5 Å². The van der Waals surface area contributed by atoms with E-state index in [9.17, 15) is 9.36 Å². The first-order valence-corrected chi connectivity index (χ1v) is 13.6. The smallest absolute Gasteiger partial charge is 0.496 e. The summed E-state index contributed by atoms with van der Waals surface area (Å²) in [4.78, 5) is 11.7. The lowest BCUT2D eigenvalue weighted by molar-refractivity contribution is 0.159. The van der Waals surface area contributed by atoms with E-state index in [-0.39, 0.29) is 5.75 Å². The maximum Gasteiger partial charge on any atom is 0.530 e. The van der Waals surface area contributed by atoms with Crippen molar-refractivity contribution in [3.8, 4) is 11.5 Å². The summed E-state index contributed by atoms with van der Waals surface area (Å²) in [5.41, 5.74) is 1.21. The molecule has 0 saturated carbocycles. The predicted molar refractivity (Wildman–Crippen MR) is 145 cm³/mol. The van der Waals surface area contributed by atoms with E-state index >= 15 is 0 Å². The first-order valence-electron chi connectivity index (χ1n) is 9.88. The molecule has 0 amide bonds. The Kier molecular flexibility index (Phi) is 9.94. The summed E-state index contributed by atoms with van der Waals surface area (Å²) in [5, 5.41) is 0.735. The molecule has 7 nitrogen and oxygen atoms in total. The van der Waals surface area contributed by atoms with Crippen LogP contribution in [0.4, 0.5) is 0 Å². The van der Waals surface area contributed by atoms with Crippen molar-refractivity contribution in [1.29, 1.82) is 0 Å². The van der Waals surface area contributed by atoms with Crippen LogP contribution in [-0.2, 0) is 13.6 Å². The Morgan fingerprint density at radius 2 is 1.44 bits per heavy atom. The van der Waals surface area contributed by atoms with Crippen LogP contribution in [0.5, 0.6) is 11.5 Å². The van der Waals surface area contributed by atoms with Crippen LogP contribution in [0, 0.1) is 0 Å². The topological polar surface area (TPSA) is 84.2 Å². The Bertz CT molecular complexity index is 1310. The van der Waals surface area contributed by atoms with E-state index in [0.29, 0.717) is 16.9 Å². The molecule has 0 radical (unpaired) electrons. The summed E-state index contributed by atoms with van der Waals surface area (Å²) in [6, 6.07) is 12.9. The number of rotatable bonds is 9. The molecule has 0 aliphatic carbocycles. The first-order chi connectivity index (χ1) is 16.8. The van der Waals surface area contributed by atoms with Crippen molar-refractivity contribution >= 4 is 101 Å². The van der Waals surface area contributed by atoms with Crippen LogP contribution in [0.1, 0.15) is 11.1 Å². The fourth-order valence-electron chi connectivity index (χ4n) is 2.81. The second-order valence-corrected chi connectivity index (χ2v) is 13.7. The molecule has 0 unspecified atom stereocenters. The maximum atomic E-state index is 13.0. The van der Waals surface area contributed by atoms with E-state index in [2.05, 4.69) is 0 Å². The molecule has 194 valence electrons. The van der Waals surface area contributed by atoms with Crippen molar-refractivity contribution in [3.05, 3.63) is 70.1 Å². The molecule has 14 heteroatoms. The van der Waals surface area contributed by atoms with Crippen LogP contribution >= 0.6 is 77.4 Å². The number of phosphoric acid groups is 1. The first kappa shape index (κ1) is 29.4. The Morgan fingerprint density at radius 1 is 0.861 bits per heavy atom. The second kappa shape index (κ2) is 12.2. The third-order valence-corrected chi connectivity index (χ3v) is 6.30. The number of hydrogen-bond donors (Lipinski definition) is 0. The minimum atomic E-state index is -4.34. The zero-order valence-electron chi connectivity index (χ0n) is 18.3. The van der Waals surface area contributed by atoms with E-state index < -0.39 is 34.2 Å². The lowest BCUT2D eigenvalue weighted by Crippen LogP contribution is -2.18. The number of phosphoric ester groups is 1. The molecule has 0 aliphatic heterocycles. The number of halogens is 6. The highest BCUT2D eigenvalue weighted by Crippen LogP contribution is 2.52. The Hall–Kier alpha value is -1.12. The number of alkyl halides is 6. The quantitative estimate of drug-likeness (QED) is 0.101. The Balaban J connectivity index is 1.82. The van der Waals surface area contributed by atoms with E-state index in [0.717, 1.165) is 10.9 Å². The van der Waals surface area contributed by atoms with E-state index in [4.69, 9.17) is 92.3 Å². The van der Waals surface area contributed by atoms with Crippen LogP contribution in [0.3, 0.4) is 0 Å². The van der Waals surface area contributed by atoms with Crippen LogP contribution < -0.4 is 14.9 Å². The van der Waals surface area contributed by atoms with Crippen LogP contribution in [0.15, 0.2) is 57.7 Å². The predicted octanol–water partition coefficient (Wildman–Crippen LogP) is 8.23. The van der Waals surface area contributed by atoms with E-state index in [1.807, 2.05) is 0 Å². The number of fused-ring (bicyclic) bond motifs is 1. The molecule has 1 aromatic heterocycles. The zero-order valence-corrected chi connectivity index (χ0v) is 23.7. The molecule has 0 spiro atoms. The maximum absolute atomic E-state index is 13.0. The van der Waals surface area contributed by atoms with Gasteiger partial charge in [-0.15, -0.1) is 0 Å². The fraction of sp³-hybridized carbons (Fsp3) is 0.227. The minimum absolute atomic E-state index is 0.109. The third-order valence-electron chi connectivity index (χ3n) is 4.32. The second-order valence-electron chi connectivity index (χ2n) is 7.07. The highest BCUT2D eigenvalue weighted by atomic mass is 35.6. The minimum Gasteiger partial charge on any atom is -0.496 e. The SMILES string of the molecule is COc1ccc2ccc(=O)oc2c1/C=C/c1ccc(OP(=O)(OCC(Cl)(Cl)Cl)OCC(Cl)(Cl)Cl)cc1. The van der Waals surface area contributed by atoms with Gasteiger partial charge in [-0.25, -0.2) is 9.36 Å². The molecule has 0 aliphatic rings. The lowest BCUT2D eigenvalue weighted by Gasteiger charge is -2.22. The van der Waals surface area contributed by atoms with Crippen molar-refractivity contribution in [2.45, 2.75) is 7.59 Å². The van der Waals surface area contributed by atoms with Crippen molar-refractivity contribution in [2.24, 2.45) is 0 Å². The summed E-state index contributed by atoms with van der Waals surface area (Å²) in [6.45, 7) is -1.22. The van der Waals surface area contributed by atoms with Crippen molar-refractivity contribution in [3.63, 3.8) is 0 Å². The monoisotopic (exact) mass is 634 g/mol. The average molecular weight is 637 g/mol.